The Kier molecular flexibility index (Phi) is 4.24. The molecule has 6 nitrogen and oxygen atoms in total. The Labute approximate surface area is 169 Å². The van der Waals surface area contributed by atoms with E-state index in [0.717, 1.165) is 36.1 Å². The molecule has 2 aromatic heterocycles. The van der Waals surface area contributed by atoms with Gasteiger partial charge in [-0.2, -0.15) is 5.10 Å². The molecule has 0 bridgehead atoms. The first-order valence-corrected chi connectivity index (χ1v) is 10.1. The lowest BCUT2D eigenvalue weighted by molar-refractivity contribution is 0.253. The molecule has 5 rings (SSSR count). The summed E-state index contributed by atoms with van der Waals surface area (Å²) in [5.74, 6) is 0. The van der Waals surface area contributed by atoms with Gasteiger partial charge in [0, 0.05) is 23.8 Å². The monoisotopic (exact) mass is 387 g/mol. The smallest absolute Gasteiger partial charge is 0.135 e. The number of nitrogens with zero attached hydrogens (tertiary/aromatic N) is 4. The molecular formula is C23H25N5O. The molecule has 1 atom stereocenters. The van der Waals surface area contributed by atoms with Crippen molar-refractivity contribution in [1.82, 2.24) is 25.4 Å². The topological polar surface area (TPSA) is 68.8 Å². The van der Waals surface area contributed by atoms with E-state index < -0.39 is 0 Å². The number of hydrogen-bond donors (Lipinski definition) is 1. The van der Waals surface area contributed by atoms with Gasteiger partial charge < -0.3 is 5.32 Å². The Balaban J connectivity index is 1.43. The Morgan fingerprint density at radius 1 is 1.10 bits per heavy atom. The van der Waals surface area contributed by atoms with E-state index in [-0.39, 0.29) is 11.5 Å². The summed E-state index contributed by atoms with van der Waals surface area (Å²) >= 11 is 0. The second kappa shape index (κ2) is 6.81. The van der Waals surface area contributed by atoms with Crippen LogP contribution in [-0.4, -0.2) is 20.1 Å². The minimum absolute atomic E-state index is 0.202. The third kappa shape index (κ3) is 3.44. The SMILES string of the molecule is Cc1ccc(-n2ncc3c2CC(C)(C)C[C@H]3NCc2ccc3nonc3c2)cc1. The summed E-state index contributed by atoms with van der Waals surface area (Å²) in [6, 6.07) is 14.9. The molecule has 2 aromatic carbocycles. The van der Waals surface area contributed by atoms with Gasteiger partial charge in [0.05, 0.1) is 11.9 Å². The maximum Gasteiger partial charge on any atom is 0.135 e. The highest BCUT2D eigenvalue weighted by atomic mass is 16.6. The van der Waals surface area contributed by atoms with E-state index in [1.54, 1.807) is 0 Å². The van der Waals surface area contributed by atoms with Gasteiger partial charge in [-0.15, -0.1) is 0 Å². The zero-order valence-corrected chi connectivity index (χ0v) is 17.0. The van der Waals surface area contributed by atoms with Crippen molar-refractivity contribution in [2.45, 2.75) is 46.2 Å². The van der Waals surface area contributed by atoms with Crippen LogP contribution in [0.5, 0.6) is 0 Å². The van der Waals surface area contributed by atoms with E-state index in [2.05, 4.69) is 71.4 Å². The van der Waals surface area contributed by atoms with Crippen LogP contribution in [0.1, 0.15) is 48.7 Å². The summed E-state index contributed by atoms with van der Waals surface area (Å²) in [6.45, 7) is 7.55. The number of nitrogens with one attached hydrogen (secondary N) is 1. The molecule has 0 saturated heterocycles. The van der Waals surface area contributed by atoms with Crippen LogP contribution in [0.3, 0.4) is 0 Å². The lowest BCUT2D eigenvalue weighted by Gasteiger charge is -2.36. The van der Waals surface area contributed by atoms with Gasteiger partial charge in [0.1, 0.15) is 11.0 Å². The highest BCUT2D eigenvalue weighted by Crippen LogP contribution is 2.41. The fourth-order valence-electron chi connectivity index (χ4n) is 4.31. The average Bonchev–Trinajstić information content (AvgIpc) is 3.32. The molecule has 0 fully saturated rings. The van der Waals surface area contributed by atoms with E-state index in [1.165, 1.54) is 22.4 Å². The third-order valence-electron chi connectivity index (χ3n) is 5.83. The first kappa shape index (κ1) is 18.1. The Morgan fingerprint density at radius 2 is 1.90 bits per heavy atom. The Bertz CT molecular complexity index is 1160. The van der Waals surface area contributed by atoms with E-state index >= 15 is 0 Å². The van der Waals surface area contributed by atoms with Crippen LogP contribution < -0.4 is 5.32 Å². The summed E-state index contributed by atoms with van der Waals surface area (Å²) in [7, 11) is 0. The number of aromatic nitrogens is 4. The van der Waals surface area contributed by atoms with Crippen LogP contribution in [0.15, 0.2) is 53.3 Å². The molecule has 29 heavy (non-hydrogen) atoms. The molecule has 0 radical (unpaired) electrons. The van der Waals surface area contributed by atoms with E-state index in [4.69, 9.17) is 9.73 Å². The minimum atomic E-state index is 0.202. The van der Waals surface area contributed by atoms with Gasteiger partial charge in [-0.25, -0.2) is 9.31 Å². The van der Waals surface area contributed by atoms with Crippen LogP contribution in [0.4, 0.5) is 0 Å². The van der Waals surface area contributed by atoms with Crippen LogP contribution in [0, 0.1) is 12.3 Å². The molecular weight excluding hydrogens is 362 g/mol. The van der Waals surface area contributed by atoms with Crippen molar-refractivity contribution in [3.63, 3.8) is 0 Å². The third-order valence-corrected chi connectivity index (χ3v) is 5.83. The lowest BCUT2D eigenvalue weighted by atomic mass is 9.74. The fraction of sp³-hybridized carbons (Fsp3) is 0.348. The van der Waals surface area contributed by atoms with Crippen LogP contribution in [0.2, 0.25) is 0 Å². The number of benzene rings is 2. The quantitative estimate of drug-likeness (QED) is 0.558. The zero-order chi connectivity index (χ0) is 20.0. The van der Waals surface area contributed by atoms with Crippen molar-refractivity contribution in [3.05, 3.63) is 71.0 Å². The number of rotatable bonds is 4. The maximum atomic E-state index is 4.81. The van der Waals surface area contributed by atoms with Crippen molar-refractivity contribution in [2.24, 2.45) is 5.41 Å². The summed E-state index contributed by atoms with van der Waals surface area (Å²) in [6.07, 6.45) is 4.13. The van der Waals surface area contributed by atoms with Crippen molar-refractivity contribution < 1.29 is 4.63 Å². The lowest BCUT2D eigenvalue weighted by Crippen LogP contribution is -2.33. The summed E-state index contributed by atoms with van der Waals surface area (Å²) in [5, 5.41) is 16.3. The van der Waals surface area contributed by atoms with Crippen molar-refractivity contribution in [1.29, 1.82) is 0 Å². The summed E-state index contributed by atoms with van der Waals surface area (Å²) in [4.78, 5) is 0. The number of fused-ring (bicyclic) bond motifs is 2. The molecule has 1 aliphatic rings. The second-order valence-corrected chi connectivity index (χ2v) is 8.86. The standard InChI is InChI=1S/C23H25N5O/c1-15-4-7-17(8-5-15)28-22-12-23(2,3)11-21(18(22)14-25-28)24-13-16-6-9-19-20(10-16)27-29-26-19/h4-10,14,21,24H,11-13H2,1-3H3/t21-/m1/s1. The molecule has 0 aliphatic heterocycles. The van der Waals surface area contributed by atoms with Gasteiger partial charge in [0.2, 0.25) is 0 Å². The summed E-state index contributed by atoms with van der Waals surface area (Å²) < 4.78 is 6.92. The molecule has 4 aromatic rings. The van der Waals surface area contributed by atoms with Crippen molar-refractivity contribution in [3.8, 4) is 5.69 Å². The molecule has 6 heteroatoms. The maximum absolute atomic E-state index is 4.81. The first-order valence-electron chi connectivity index (χ1n) is 10.1. The summed E-state index contributed by atoms with van der Waals surface area (Å²) in [5.41, 5.74) is 7.94. The van der Waals surface area contributed by atoms with Gasteiger partial charge >= 0.3 is 0 Å². The van der Waals surface area contributed by atoms with Crippen LogP contribution in [0.25, 0.3) is 16.7 Å². The van der Waals surface area contributed by atoms with Gasteiger partial charge in [-0.3, -0.25) is 0 Å². The molecule has 0 amide bonds. The Hall–Kier alpha value is -2.99. The van der Waals surface area contributed by atoms with Gasteiger partial charge in [0.15, 0.2) is 0 Å². The first-order chi connectivity index (χ1) is 14.0. The fourth-order valence-corrected chi connectivity index (χ4v) is 4.31. The largest absolute Gasteiger partial charge is 0.306 e. The number of aryl methyl sites for hydroxylation is 1. The number of hydrogen-bond acceptors (Lipinski definition) is 5. The molecule has 148 valence electrons. The van der Waals surface area contributed by atoms with Crippen LogP contribution >= 0.6 is 0 Å². The van der Waals surface area contributed by atoms with Crippen molar-refractivity contribution in [2.75, 3.05) is 0 Å². The molecule has 0 unspecified atom stereocenters. The molecule has 0 saturated carbocycles. The predicted octanol–water partition coefficient (Wildman–Crippen LogP) is 4.52. The van der Waals surface area contributed by atoms with Crippen LogP contribution in [-0.2, 0) is 13.0 Å². The highest BCUT2D eigenvalue weighted by molar-refractivity contribution is 5.73. The van der Waals surface area contributed by atoms with E-state index in [1.807, 2.05) is 18.3 Å². The van der Waals surface area contributed by atoms with E-state index in [0.29, 0.717) is 0 Å². The average molecular weight is 387 g/mol. The predicted molar refractivity (Wildman–Crippen MR) is 112 cm³/mol. The molecule has 2 heterocycles. The Morgan fingerprint density at radius 3 is 2.72 bits per heavy atom. The highest BCUT2D eigenvalue weighted by Gasteiger charge is 2.35. The zero-order valence-electron chi connectivity index (χ0n) is 17.0. The minimum Gasteiger partial charge on any atom is -0.306 e. The van der Waals surface area contributed by atoms with Gasteiger partial charge in [-0.05, 0) is 65.3 Å². The molecule has 0 spiro atoms. The van der Waals surface area contributed by atoms with Crippen molar-refractivity contribution >= 4 is 11.0 Å². The van der Waals surface area contributed by atoms with Gasteiger partial charge in [-0.1, -0.05) is 37.6 Å². The second-order valence-electron chi connectivity index (χ2n) is 8.86. The molecule has 1 N–H and O–H groups in total. The normalized spacial score (nSPS) is 18.1. The van der Waals surface area contributed by atoms with E-state index in [9.17, 15) is 0 Å². The molecule has 1 aliphatic carbocycles. The van der Waals surface area contributed by atoms with Gasteiger partial charge in [0.25, 0.3) is 0 Å².